The Balaban J connectivity index is 1.95. The minimum absolute atomic E-state index is 0.155. The molecule has 1 aliphatic heterocycles. The summed E-state index contributed by atoms with van der Waals surface area (Å²) in [5.41, 5.74) is 2.99. The number of thioether (sulfide) groups is 1. The van der Waals surface area contributed by atoms with Gasteiger partial charge in [-0.3, -0.25) is 4.79 Å². The second-order valence-electron chi connectivity index (χ2n) is 5.52. The molecule has 1 amide bonds. The van der Waals surface area contributed by atoms with Crippen LogP contribution in [0.15, 0.2) is 59.5 Å². The third kappa shape index (κ3) is 2.94. The zero-order chi connectivity index (χ0) is 17.4. The minimum atomic E-state index is -0.155. The number of ether oxygens (including phenoxy) is 1. The van der Waals surface area contributed by atoms with Crippen molar-refractivity contribution in [3.05, 3.63) is 65.2 Å². The van der Waals surface area contributed by atoms with Crippen molar-refractivity contribution in [3.63, 3.8) is 0 Å². The first-order chi connectivity index (χ1) is 12.2. The lowest BCUT2D eigenvalue weighted by Gasteiger charge is -2.09. The topological polar surface area (TPSA) is 43.3 Å². The van der Waals surface area contributed by atoms with Crippen molar-refractivity contribution in [2.45, 2.75) is 0 Å². The van der Waals surface area contributed by atoms with Crippen LogP contribution in [0.2, 0.25) is 0 Å². The number of para-hydroxylation sites is 1. The molecular formula is C19H14N2O2S2. The van der Waals surface area contributed by atoms with Gasteiger partial charge in [-0.25, -0.2) is 0 Å². The van der Waals surface area contributed by atoms with Crippen LogP contribution in [-0.2, 0) is 4.79 Å². The van der Waals surface area contributed by atoms with Gasteiger partial charge in [0.2, 0.25) is 0 Å². The molecule has 0 unspecified atom stereocenters. The lowest BCUT2D eigenvalue weighted by Crippen LogP contribution is -2.17. The SMILES string of the molecule is COc1ccc2c(c1)cc(C=C1SC(=S)NC1=O)n2-c1ccccc1. The molecule has 1 saturated heterocycles. The summed E-state index contributed by atoms with van der Waals surface area (Å²) in [5, 5.41) is 3.70. The molecule has 0 aliphatic carbocycles. The van der Waals surface area contributed by atoms with Gasteiger partial charge in [0.25, 0.3) is 5.91 Å². The van der Waals surface area contributed by atoms with E-state index in [9.17, 15) is 4.79 Å². The number of nitrogens with zero attached hydrogens (tertiary/aromatic N) is 1. The number of carbonyl (C=O) groups is 1. The second-order valence-corrected chi connectivity index (χ2v) is 7.24. The van der Waals surface area contributed by atoms with E-state index in [0.29, 0.717) is 9.23 Å². The fourth-order valence-corrected chi connectivity index (χ4v) is 3.90. The Hall–Kier alpha value is -2.57. The van der Waals surface area contributed by atoms with Gasteiger partial charge >= 0.3 is 0 Å². The molecule has 3 aromatic rings. The fraction of sp³-hybridized carbons (Fsp3) is 0.0526. The Morgan fingerprint density at radius 3 is 2.64 bits per heavy atom. The van der Waals surface area contributed by atoms with E-state index in [1.54, 1.807) is 7.11 Å². The van der Waals surface area contributed by atoms with Crippen LogP contribution in [0.25, 0.3) is 22.7 Å². The van der Waals surface area contributed by atoms with E-state index >= 15 is 0 Å². The second kappa shape index (κ2) is 6.38. The van der Waals surface area contributed by atoms with E-state index in [2.05, 4.69) is 9.88 Å². The third-order valence-corrected chi connectivity index (χ3v) is 5.14. The van der Waals surface area contributed by atoms with Gasteiger partial charge in [0, 0.05) is 16.8 Å². The predicted octanol–water partition coefficient (Wildman–Crippen LogP) is 4.13. The normalized spacial score (nSPS) is 15.8. The molecule has 0 bridgehead atoms. The molecule has 1 aliphatic rings. The van der Waals surface area contributed by atoms with Crippen LogP contribution in [0.3, 0.4) is 0 Å². The number of carbonyl (C=O) groups excluding carboxylic acids is 1. The number of amides is 1. The van der Waals surface area contributed by atoms with Crippen LogP contribution in [0.4, 0.5) is 0 Å². The molecule has 6 heteroatoms. The number of methoxy groups -OCH3 is 1. The van der Waals surface area contributed by atoms with Crippen molar-refractivity contribution in [3.8, 4) is 11.4 Å². The van der Waals surface area contributed by atoms with E-state index in [1.165, 1.54) is 11.8 Å². The first-order valence-electron chi connectivity index (χ1n) is 7.65. The van der Waals surface area contributed by atoms with Gasteiger partial charge in [-0.1, -0.05) is 42.2 Å². The molecule has 0 saturated carbocycles. The van der Waals surface area contributed by atoms with Gasteiger partial charge in [0.1, 0.15) is 10.1 Å². The van der Waals surface area contributed by atoms with Crippen molar-refractivity contribution in [1.82, 2.24) is 9.88 Å². The molecule has 25 heavy (non-hydrogen) atoms. The number of benzene rings is 2. The van der Waals surface area contributed by atoms with E-state index in [4.69, 9.17) is 17.0 Å². The van der Waals surface area contributed by atoms with Gasteiger partial charge < -0.3 is 14.6 Å². The maximum atomic E-state index is 12.0. The average Bonchev–Trinajstić information content (AvgIpc) is 3.14. The molecule has 0 spiro atoms. The Kier molecular flexibility index (Phi) is 4.07. The Morgan fingerprint density at radius 1 is 1.16 bits per heavy atom. The molecule has 0 atom stereocenters. The zero-order valence-electron chi connectivity index (χ0n) is 13.4. The standard InChI is InChI=1S/C19H14N2O2S2/c1-23-15-7-8-16-12(10-15)9-14(11-17-18(22)20-19(24)25-17)21(16)13-5-3-2-4-6-13/h2-11H,1H3,(H,20,22,24). The number of nitrogens with one attached hydrogen (secondary N) is 1. The maximum Gasteiger partial charge on any atom is 0.263 e. The summed E-state index contributed by atoms with van der Waals surface area (Å²) in [7, 11) is 1.65. The molecule has 1 fully saturated rings. The number of aromatic nitrogens is 1. The molecular weight excluding hydrogens is 352 g/mol. The number of fused-ring (bicyclic) bond motifs is 1. The average molecular weight is 366 g/mol. The minimum Gasteiger partial charge on any atom is -0.497 e. The highest BCUT2D eigenvalue weighted by Gasteiger charge is 2.23. The first-order valence-corrected chi connectivity index (χ1v) is 8.88. The molecule has 1 aromatic heterocycles. The van der Waals surface area contributed by atoms with Gasteiger partial charge in [0.05, 0.1) is 17.5 Å². The summed E-state index contributed by atoms with van der Waals surface area (Å²) >= 11 is 6.36. The monoisotopic (exact) mass is 366 g/mol. The molecule has 0 radical (unpaired) electrons. The molecule has 4 nitrogen and oxygen atoms in total. The Morgan fingerprint density at radius 2 is 1.96 bits per heavy atom. The first kappa shape index (κ1) is 15.9. The highest BCUT2D eigenvalue weighted by atomic mass is 32.2. The van der Waals surface area contributed by atoms with Crippen molar-refractivity contribution in [1.29, 1.82) is 0 Å². The summed E-state index contributed by atoms with van der Waals surface area (Å²) in [6.45, 7) is 0. The van der Waals surface area contributed by atoms with Crippen molar-refractivity contribution in [2.75, 3.05) is 7.11 Å². The highest BCUT2D eigenvalue weighted by molar-refractivity contribution is 8.26. The molecule has 124 valence electrons. The number of hydrogen-bond acceptors (Lipinski definition) is 4. The largest absolute Gasteiger partial charge is 0.497 e. The smallest absolute Gasteiger partial charge is 0.263 e. The van der Waals surface area contributed by atoms with Crippen molar-refractivity contribution in [2.24, 2.45) is 0 Å². The van der Waals surface area contributed by atoms with E-state index in [-0.39, 0.29) is 5.91 Å². The van der Waals surface area contributed by atoms with E-state index in [0.717, 1.165) is 28.0 Å². The summed E-state index contributed by atoms with van der Waals surface area (Å²) in [5.74, 6) is 0.642. The fourth-order valence-electron chi connectivity index (χ4n) is 2.87. The highest BCUT2D eigenvalue weighted by Crippen LogP contribution is 2.32. The number of thiocarbonyl (C=S) groups is 1. The maximum absolute atomic E-state index is 12.0. The van der Waals surface area contributed by atoms with Crippen LogP contribution >= 0.6 is 24.0 Å². The van der Waals surface area contributed by atoms with Gasteiger partial charge in [-0.2, -0.15) is 0 Å². The number of rotatable bonds is 3. The molecule has 2 aromatic carbocycles. The van der Waals surface area contributed by atoms with Crippen LogP contribution in [0, 0.1) is 0 Å². The van der Waals surface area contributed by atoms with E-state index < -0.39 is 0 Å². The van der Waals surface area contributed by atoms with E-state index in [1.807, 2.05) is 60.7 Å². The van der Waals surface area contributed by atoms with Crippen LogP contribution < -0.4 is 10.1 Å². The number of hydrogen-bond donors (Lipinski definition) is 1. The molecule has 4 rings (SSSR count). The zero-order valence-corrected chi connectivity index (χ0v) is 15.0. The van der Waals surface area contributed by atoms with Crippen LogP contribution in [0.5, 0.6) is 5.75 Å². The summed E-state index contributed by atoms with van der Waals surface area (Å²) < 4.78 is 7.94. The van der Waals surface area contributed by atoms with Gasteiger partial charge in [0.15, 0.2) is 0 Å². The summed E-state index contributed by atoms with van der Waals surface area (Å²) in [6.07, 6.45) is 1.87. The summed E-state index contributed by atoms with van der Waals surface area (Å²) in [4.78, 5) is 12.6. The lowest BCUT2D eigenvalue weighted by atomic mass is 10.2. The molecule has 2 heterocycles. The predicted molar refractivity (Wildman–Crippen MR) is 106 cm³/mol. The third-order valence-electron chi connectivity index (χ3n) is 3.97. The van der Waals surface area contributed by atoms with Gasteiger partial charge in [-0.15, -0.1) is 0 Å². The van der Waals surface area contributed by atoms with Crippen LogP contribution in [-0.4, -0.2) is 21.9 Å². The molecule has 1 N–H and O–H groups in total. The quantitative estimate of drug-likeness (QED) is 0.559. The van der Waals surface area contributed by atoms with Crippen LogP contribution in [0.1, 0.15) is 5.69 Å². The Labute approximate surface area is 154 Å². The van der Waals surface area contributed by atoms with Crippen molar-refractivity contribution < 1.29 is 9.53 Å². The van der Waals surface area contributed by atoms with Gasteiger partial charge in [-0.05, 0) is 42.5 Å². The Bertz CT molecular complexity index is 1020. The lowest BCUT2D eigenvalue weighted by molar-refractivity contribution is -0.115. The summed E-state index contributed by atoms with van der Waals surface area (Å²) in [6, 6.07) is 18.0. The van der Waals surface area contributed by atoms with Crippen molar-refractivity contribution >= 4 is 51.2 Å².